The van der Waals surface area contributed by atoms with Crippen LogP contribution in [0.4, 0.5) is 0 Å². The molecule has 1 aliphatic heterocycles. The number of rotatable bonds is 6. The van der Waals surface area contributed by atoms with Gasteiger partial charge in [0.2, 0.25) is 0 Å². The van der Waals surface area contributed by atoms with Crippen molar-refractivity contribution < 1.29 is 23.5 Å². The summed E-state index contributed by atoms with van der Waals surface area (Å²) in [6, 6.07) is 20.5. The summed E-state index contributed by atoms with van der Waals surface area (Å²) in [5, 5.41) is 1.86. The molecule has 6 rings (SSSR count). The van der Waals surface area contributed by atoms with E-state index >= 15 is 0 Å². The Balaban J connectivity index is 1.25. The number of fused-ring (bicyclic) bond motifs is 4. The lowest BCUT2D eigenvalue weighted by Crippen LogP contribution is -2.50. The zero-order valence-electron chi connectivity index (χ0n) is 23.2. The number of esters is 1. The Morgan fingerprint density at radius 3 is 2.51 bits per heavy atom. The first-order valence-electron chi connectivity index (χ1n) is 13.5. The maximum absolute atomic E-state index is 13.4. The summed E-state index contributed by atoms with van der Waals surface area (Å²) in [5.74, 6) is -0.387. The molecule has 208 valence electrons. The number of aryl methyl sites for hydroxylation is 2. The van der Waals surface area contributed by atoms with Crippen molar-refractivity contribution in [3.05, 3.63) is 111 Å². The Morgan fingerprint density at radius 1 is 0.976 bits per heavy atom. The van der Waals surface area contributed by atoms with Crippen LogP contribution in [0.5, 0.6) is 5.75 Å². The summed E-state index contributed by atoms with van der Waals surface area (Å²) >= 11 is 0. The maximum Gasteiger partial charge on any atom is 0.340 e. The number of aromatic amines is 1. The van der Waals surface area contributed by atoms with Crippen molar-refractivity contribution in [1.29, 1.82) is 0 Å². The molecule has 1 unspecified atom stereocenters. The highest BCUT2D eigenvalue weighted by Gasteiger charge is 2.37. The third kappa shape index (κ3) is 4.75. The van der Waals surface area contributed by atoms with Gasteiger partial charge in [0.1, 0.15) is 17.4 Å². The molecule has 0 saturated carbocycles. The summed E-state index contributed by atoms with van der Waals surface area (Å²) in [7, 11) is 1.33. The number of nitrogens with zero attached hydrogens (tertiary/aromatic N) is 1. The summed E-state index contributed by atoms with van der Waals surface area (Å²) in [6.45, 7) is 3.67. The van der Waals surface area contributed by atoms with E-state index in [2.05, 4.69) is 4.98 Å². The van der Waals surface area contributed by atoms with Gasteiger partial charge in [-0.05, 0) is 48.7 Å². The van der Waals surface area contributed by atoms with E-state index in [-0.39, 0.29) is 19.1 Å². The monoisotopic (exact) mass is 550 g/mol. The SMILES string of the molecule is COC(=O)C1Cc2c([nH]c3ccccc23)CN1C(=O)COc1ccc2c(C)c(Cc3ccccc3)c(=O)oc2c1C. The Morgan fingerprint density at radius 2 is 1.73 bits per heavy atom. The van der Waals surface area contributed by atoms with Gasteiger partial charge in [-0.3, -0.25) is 4.79 Å². The van der Waals surface area contributed by atoms with Gasteiger partial charge in [-0.25, -0.2) is 9.59 Å². The number of methoxy groups -OCH3 is 1. The molecule has 8 heteroatoms. The molecular weight excluding hydrogens is 520 g/mol. The molecule has 2 aromatic heterocycles. The highest BCUT2D eigenvalue weighted by atomic mass is 16.5. The number of H-pyrrole nitrogens is 1. The fraction of sp³-hybridized carbons (Fsp3) is 0.242. The van der Waals surface area contributed by atoms with E-state index in [4.69, 9.17) is 13.9 Å². The van der Waals surface area contributed by atoms with Crippen LogP contribution in [0.15, 0.2) is 75.9 Å². The molecule has 0 spiro atoms. The van der Waals surface area contributed by atoms with Crippen LogP contribution in [0.3, 0.4) is 0 Å². The van der Waals surface area contributed by atoms with Crippen LogP contribution in [-0.4, -0.2) is 41.5 Å². The molecule has 0 saturated heterocycles. The van der Waals surface area contributed by atoms with Gasteiger partial charge in [0.15, 0.2) is 6.61 Å². The zero-order chi connectivity index (χ0) is 28.7. The first kappa shape index (κ1) is 26.4. The van der Waals surface area contributed by atoms with Gasteiger partial charge in [-0.2, -0.15) is 0 Å². The first-order valence-corrected chi connectivity index (χ1v) is 13.5. The number of carbonyl (C=O) groups excluding carboxylic acids is 2. The molecule has 0 radical (unpaired) electrons. The minimum absolute atomic E-state index is 0.237. The van der Waals surface area contributed by atoms with Crippen LogP contribution >= 0.6 is 0 Å². The van der Waals surface area contributed by atoms with Crippen LogP contribution in [-0.2, 0) is 33.7 Å². The number of amides is 1. The second kappa shape index (κ2) is 10.6. The molecule has 5 aromatic rings. The highest BCUT2D eigenvalue weighted by Crippen LogP contribution is 2.32. The molecule has 3 aromatic carbocycles. The molecular formula is C33H30N2O6. The van der Waals surface area contributed by atoms with Gasteiger partial charge in [0, 0.05) is 46.0 Å². The van der Waals surface area contributed by atoms with Gasteiger partial charge < -0.3 is 23.8 Å². The summed E-state index contributed by atoms with van der Waals surface area (Å²) in [5.41, 5.74) is 6.04. The van der Waals surface area contributed by atoms with E-state index in [0.717, 1.165) is 38.7 Å². The molecule has 41 heavy (non-hydrogen) atoms. The number of aromatic nitrogens is 1. The molecule has 1 amide bonds. The number of para-hydroxylation sites is 1. The van der Waals surface area contributed by atoms with Crippen molar-refractivity contribution in [2.75, 3.05) is 13.7 Å². The van der Waals surface area contributed by atoms with Crippen molar-refractivity contribution in [3.63, 3.8) is 0 Å². The van der Waals surface area contributed by atoms with Crippen LogP contribution in [0, 0.1) is 13.8 Å². The van der Waals surface area contributed by atoms with Crippen LogP contribution in [0.2, 0.25) is 0 Å². The van der Waals surface area contributed by atoms with Crippen LogP contribution < -0.4 is 10.4 Å². The first-order chi connectivity index (χ1) is 19.9. The second-order valence-corrected chi connectivity index (χ2v) is 10.4. The van der Waals surface area contributed by atoms with Crippen molar-refractivity contribution in [2.45, 2.75) is 39.3 Å². The molecule has 0 fully saturated rings. The van der Waals surface area contributed by atoms with E-state index in [1.54, 1.807) is 13.0 Å². The maximum atomic E-state index is 13.4. The predicted octanol–water partition coefficient (Wildman–Crippen LogP) is 4.99. The van der Waals surface area contributed by atoms with Gasteiger partial charge in [0.25, 0.3) is 5.91 Å². The van der Waals surface area contributed by atoms with E-state index in [0.29, 0.717) is 35.3 Å². The number of ether oxygens (including phenoxy) is 2. The fourth-order valence-electron chi connectivity index (χ4n) is 5.77. The Bertz CT molecular complexity index is 1850. The quantitative estimate of drug-likeness (QED) is 0.236. The molecule has 8 nitrogen and oxygen atoms in total. The number of benzene rings is 3. The van der Waals surface area contributed by atoms with E-state index < -0.39 is 17.6 Å². The topological polar surface area (TPSA) is 102 Å². The number of carbonyl (C=O) groups is 2. The summed E-state index contributed by atoms with van der Waals surface area (Å²) in [6.07, 6.45) is 0.828. The molecule has 3 heterocycles. The molecule has 1 atom stereocenters. The average Bonchev–Trinajstić information content (AvgIpc) is 3.36. The standard InChI is InChI=1S/C33H30N2O6/c1-19-22-13-14-29(20(2)31(22)41-32(37)24(19)15-21-9-5-4-6-10-21)40-18-30(36)35-17-27-25(16-28(35)33(38)39-3)23-11-7-8-12-26(23)34-27/h4-14,28,34H,15-18H2,1-3H3. The average molecular weight is 551 g/mol. The fourth-order valence-corrected chi connectivity index (χ4v) is 5.77. The van der Waals surface area contributed by atoms with Crippen molar-refractivity contribution >= 4 is 33.7 Å². The van der Waals surface area contributed by atoms with Crippen molar-refractivity contribution in [2.24, 2.45) is 0 Å². The lowest BCUT2D eigenvalue weighted by molar-refractivity contribution is -0.154. The van der Waals surface area contributed by atoms with E-state index in [1.807, 2.05) is 67.6 Å². The van der Waals surface area contributed by atoms with E-state index in [1.165, 1.54) is 12.0 Å². The molecule has 0 aliphatic carbocycles. The number of hydrogen-bond acceptors (Lipinski definition) is 6. The molecule has 1 N–H and O–H groups in total. The van der Waals surface area contributed by atoms with Gasteiger partial charge in [-0.1, -0.05) is 48.5 Å². The normalized spacial score (nSPS) is 14.7. The minimum atomic E-state index is -0.760. The Kier molecular flexibility index (Phi) is 6.83. The van der Waals surface area contributed by atoms with Crippen LogP contribution in [0.25, 0.3) is 21.9 Å². The third-order valence-corrected chi connectivity index (χ3v) is 8.03. The Hall–Kier alpha value is -4.85. The second-order valence-electron chi connectivity index (χ2n) is 10.4. The predicted molar refractivity (Wildman–Crippen MR) is 155 cm³/mol. The molecule has 1 aliphatic rings. The Labute approximate surface area is 236 Å². The van der Waals surface area contributed by atoms with Gasteiger partial charge >= 0.3 is 11.6 Å². The minimum Gasteiger partial charge on any atom is -0.483 e. The smallest absolute Gasteiger partial charge is 0.340 e. The van der Waals surface area contributed by atoms with Crippen LogP contribution in [0.1, 0.15) is 33.5 Å². The lowest BCUT2D eigenvalue weighted by Gasteiger charge is -2.33. The lowest BCUT2D eigenvalue weighted by atomic mass is 9.96. The summed E-state index contributed by atoms with van der Waals surface area (Å²) < 4.78 is 16.8. The van der Waals surface area contributed by atoms with Gasteiger partial charge in [0.05, 0.1) is 13.7 Å². The number of hydrogen-bond donors (Lipinski definition) is 1. The number of nitrogens with one attached hydrogen (secondary N) is 1. The van der Waals surface area contributed by atoms with Crippen molar-refractivity contribution in [3.8, 4) is 5.75 Å². The largest absolute Gasteiger partial charge is 0.483 e. The zero-order valence-corrected chi connectivity index (χ0v) is 23.2. The summed E-state index contributed by atoms with van der Waals surface area (Å²) in [4.78, 5) is 44.0. The van der Waals surface area contributed by atoms with Gasteiger partial charge in [-0.15, -0.1) is 0 Å². The molecule has 0 bridgehead atoms. The highest BCUT2D eigenvalue weighted by molar-refractivity contribution is 5.90. The van der Waals surface area contributed by atoms with E-state index in [9.17, 15) is 14.4 Å². The van der Waals surface area contributed by atoms with Crippen molar-refractivity contribution in [1.82, 2.24) is 9.88 Å². The third-order valence-electron chi connectivity index (χ3n) is 8.03.